The molecule has 0 aliphatic carbocycles. The number of carboxylic acids is 1. The number of carbonyl (C=O) groups is 3. The number of nitrogens with one attached hydrogen (secondary N) is 3. The summed E-state index contributed by atoms with van der Waals surface area (Å²) < 4.78 is 0. The molecule has 1 aliphatic heterocycles. The second-order valence-corrected chi connectivity index (χ2v) is 7.21. The highest BCUT2D eigenvalue weighted by Gasteiger charge is 2.18. The average molecular weight is 413 g/mol. The van der Waals surface area contributed by atoms with Crippen LogP contribution < -0.4 is 10.6 Å². The van der Waals surface area contributed by atoms with Gasteiger partial charge in [-0.05, 0) is 43.2 Å². The molecule has 3 rings (SSSR count). The maximum absolute atomic E-state index is 12.6. The minimum Gasteiger partial charge on any atom is -0.481 e. The highest BCUT2D eigenvalue weighted by Crippen LogP contribution is 2.26. The Balaban J connectivity index is 1.69. The van der Waals surface area contributed by atoms with Crippen LogP contribution in [0.3, 0.4) is 0 Å². The first-order valence-corrected chi connectivity index (χ1v) is 9.70. The molecule has 1 aromatic heterocycles. The van der Waals surface area contributed by atoms with E-state index in [0.717, 1.165) is 17.3 Å². The number of fused-ring (bicyclic) bond motifs is 1. The lowest BCUT2D eigenvalue weighted by Crippen LogP contribution is -2.13. The molecule has 29 heavy (non-hydrogen) atoms. The molecule has 2 heterocycles. The Morgan fingerprint density at radius 1 is 1.38 bits per heavy atom. The monoisotopic (exact) mass is 413 g/mol. The van der Waals surface area contributed by atoms with Crippen LogP contribution in [0.4, 0.5) is 11.4 Å². The van der Waals surface area contributed by atoms with Gasteiger partial charge < -0.3 is 15.7 Å². The third-order valence-corrected chi connectivity index (χ3v) is 4.93. The zero-order chi connectivity index (χ0) is 21.0. The Labute approximate surface area is 170 Å². The van der Waals surface area contributed by atoms with Crippen LogP contribution in [0, 0.1) is 0 Å². The number of carbonyl (C=O) groups excluding carboxylic acids is 2. The molecule has 0 bridgehead atoms. The third kappa shape index (κ3) is 5.11. The highest BCUT2D eigenvalue weighted by molar-refractivity contribution is 7.99. The lowest BCUT2D eigenvalue weighted by molar-refractivity contribution is -0.134. The van der Waals surface area contributed by atoms with Gasteiger partial charge >= 0.3 is 5.97 Å². The van der Waals surface area contributed by atoms with Crippen LogP contribution in [0.25, 0.3) is 5.57 Å². The first-order chi connectivity index (χ1) is 13.9. The van der Waals surface area contributed by atoms with Gasteiger partial charge in [0.2, 0.25) is 11.1 Å². The fourth-order valence-electron chi connectivity index (χ4n) is 2.69. The topological polar surface area (TPSA) is 137 Å². The molecule has 0 radical (unpaired) electrons. The molecular formula is C19H19N5O4S. The maximum atomic E-state index is 12.6. The van der Waals surface area contributed by atoms with E-state index < -0.39 is 5.97 Å². The van der Waals surface area contributed by atoms with E-state index in [1.54, 1.807) is 38.1 Å². The molecule has 10 heteroatoms. The van der Waals surface area contributed by atoms with Crippen molar-refractivity contribution in [3.05, 3.63) is 47.3 Å². The second kappa shape index (κ2) is 8.74. The average Bonchev–Trinajstić information content (AvgIpc) is 3.29. The normalized spacial score (nSPS) is 13.8. The van der Waals surface area contributed by atoms with Crippen molar-refractivity contribution in [2.45, 2.75) is 25.4 Å². The molecule has 2 aromatic rings. The number of rotatable bonds is 7. The Kier molecular flexibility index (Phi) is 6.13. The number of anilines is 2. The van der Waals surface area contributed by atoms with E-state index in [1.807, 2.05) is 6.07 Å². The number of benzene rings is 1. The molecular weight excluding hydrogens is 394 g/mol. The Morgan fingerprint density at radius 2 is 2.17 bits per heavy atom. The standard InChI is InChI=1S/C19H19N5O4S/c1-3-11(6-10(2)17-22-19(24-23-17)29-9-16(26)27)18(28)20-13-5-4-12-7-15(25)21-14(12)8-13/h3-6,8H,7,9H2,1-2H3,(H,20,28)(H,21,25)(H,26,27)(H,22,23,24). The number of thioether (sulfide) groups is 1. The quantitative estimate of drug-likeness (QED) is 0.311. The number of aliphatic carboxylic acids is 1. The van der Waals surface area contributed by atoms with Gasteiger partial charge in [0, 0.05) is 16.9 Å². The van der Waals surface area contributed by atoms with E-state index >= 15 is 0 Å². The van der Waals surface area contributed by atoms with Gasteiger partial charge in [-0.15, -0.1) is 5.10 Å². The minimum atomic E-state index is -0.951. The Hall–Kier alpha value is -3.40. The Morgan fingerprint density at radius 3 is 2.90 bits per heavy atom. The molecule has 1 aromatic carbocycles. The number of H-pyrrole nitrogens is 1. The van der Waals surface area contributed by atoms with E-state index in [4.69, 9.17) is 5.11 Å². The van der Waals surface area contributed by atoms with Crippen molar-refractivity contribution in [3.63, 3.8) is 0 Å². The number of hydrogen-bond donors (Lipinski definition) is 4. The van der Waals surface area contributed by atoms with Gasteiger partial charge in [-0.2, -0.15) is 0 Å². The number of aromatic nitrogens is 3. The smallest absolute Gasteiger partial charge is 0.313 e. The predicted molar refractivity (Wildman–Crippen MR) is 110 cm³/mol. The molecule has 0 unspecified atom stereocenters. The molecule has 0 spiro atoms. The van der Waals surface area contributed by atoms with Gasteiger partial charge in [-0.1, -0.05) is 23.9 Å². The lowest BCUT2D eigenvalue weighted by Gasteiger charge is -2.08. The van der Waals surface area contributed by atoms with Crippen LogP contribution in [0.2, 0.25) is 0 Å². The molecule has 2 amide bonds. The van der Waals surface area contributed by atoms with Crippen molar-refractivity contribution in [1.82, 2.24) is 15.2 Å². The van der Waals surface area contributed by atoms with Gasteiger partial charge in [-0.3, -0.25) is 19.5 Å². The molecule has 0 saturated heterocycles. The number of nitrogens with zero attached hydrogens (tertiary/aromatic N) is 2. The van der Waals surface area contributed by atoms with Gasteiger partial charge in [0.1, 0.15) is 0 Å². The summed E-state index contributed by atoms with van der Waals surface area (Å²) in [6, 6.07) is 5.29. The van der Waals surface area contributed by atoms with Crippen LogP contribution in [-0.4, -0.2) is 43.8 Å². The van der Waals surface area contributed by atoms with E-state index in [-0.39, 0.29) is 17.6 Å². The fraction of sp³-hybridized carbons (Fsp3) is 0.211. The number of carboxylic acid groups (broad SMARTS) is 1. The van der Waals surface area contributed by atoms with E-state index in [0.29, 0.717) is 39.9 Å². The summed E-state index contributed by atoms with van der Waals surface area (Å²) in [5.74, 6) is -1.01. The lowest BCUT2D eigenvalue weighted by atomic mass is 10.1. The van der Waals surface area contributed by atoms with Crippen LogP contribution in [0.1, 0.15) is 25.2 Å². The SMILES string of the molecule is CC=C(C=C(C)c1nc(SCC(=O)O)n[nH]1)C(=O)Nc1ccc2c(c1)NC(=O)C2. The molecule has 0 fully saturated rings. The van der Waals surface area contributed by atoms with Crippen LogP contribution in [-0.2, 0) is 20.8 Å². The zero-order valence-electron chi connectivity index (χ0n) is 15.8. The molecule has 0 atom stereocenters. The summed E-state index contributed by atoms with van der Waals surface area (Å²) in [6.07, 6.45) is 3.68. The van der Waals surface area contributed by atoms with Crippen molar-refractivity contribution in [3.8, 4) is 0 Å². The zero-order valence-corrected chi connectivity index (χ0v) is 16.6. The van der Waals surface area contributed by atoms with Crippen molar-refractivity contribution >= 4 is 46.5 Å². The molecule has 150 valence electrons. The first-order valence-electron chi connectivity index (χ1n) is 8.72. The third-order valence-electron chi connectivity index (χ3n) is 4.10. The van der Waals surface area contributed by atoms with Gasteiger partial charge in [0.15, 0.2) is 5.82 Å². The molecule has 0 saturated carbocycles. The highest BCUT2D eigenvalue weighted by atomic mass is 32.2. The summed E-state index contributed by atoms with van der Waals surface area (Å²) in [7, 11) is 0. The summed E-state index contributed by atoms with van der Waals surface area (Å²) in [6.45, 7) is 3.52. The number of amides is 2. The van der Waals surface area contributed by atoms with Crippen molar-refractivity contribution in [2.24, 2.45) is 0 Å². The van der Waals surface area contributed by atoms with Crippen LogP contribution in [0.5, 0.6) is 0 Å². The fourth-order valence-corrected chi connectivity index (χ4v) is 3.21. The predicted octanol–water partition coefficient (Wildman–Crippen LogP) is 2.46. The number of hydrogen-bond acceptors (Lipinski definition) is 6. The Bertz CT molecular complexity index is 1040. The molecule has 4 N–H and O–H groups in total. The summed E-state index contributed by atoms with van der Waals surface area (Å²) in [5.41, 5.74) is 3.27. The van der Waals surface area contributed by atoms with Crippen LogP contribution >= 0.6 is 11.8 Å². The van der Waals surface area contributed by atoms with Gasteiger partial charge in [0.25, 0.3) is 5.91 Å². The van der Waals surface area contributed by atoms with E-state index in [2.05, 4.69) is 25.8 Å². The van der Waals surface area contributed by atoms with E-state index in [9.17, 15) is 14.4 Å². The summed E-state index contributed by atoms with van der Waals surface area (Å²) in [4.78, 5) is 38.9. The van der Waals surface area contributed by atoms with Crippen LogP contribution in [0.15, 0.2) is 41.1 Å². The first kappa shape index (κ1) is 20.3. The molecule has 9 nitrogen and oxygen atoms in total. The van der Waals surface area contributed by atoms with Gasteiger partial charge in [-0.25, -0.2) is 4.98 Å². The largest absolute Gasteiger partial charge is 0.481 e. The molecule has 1 aliphatic rings. The van der Waals surface area contributed by atoms with E-state index in [1.165, 1.54) is 0 Å². The number of allylic oxidation sites excluding steroid dienone is 2. The van der Waals surface area contributed by atoms with Crippen molar-refractivity contribution in [2.75, 3.05) is 16.4 Å². The van der Waals surface area contributed by atoms with Crippen molar-refractivity contribution < 1.29 is 19.5 Å². The summed E-state index contributed by atoms with van der Waals surface area (Å²) >= 11 is 1.01. The number of aromatic amines is 1. The van der Waals surface area contributed by atoms with Crippen molar-refractivity contribution in [1.29, 1.82) is 0 Å². The maximum Gasteiger partial charge on any atom is 0.313 e. The summed E-state index contributed by atoms with van der Waals surface area (Å²) in [5, 5.41) is 21.3. The second-order valence-electron chi connectivity index (χ2n) is 6.27. The van der Waals surface area contributed by atoms with Gasteiger partial charge in [0.05, 0.1) is 12.2 Å². The minimum absolute atomic E-state index is 0.0656.